The number of anilines is 2. The molecule has 196 valence electrons. The van der Waals surface area contributed by atoms with Crippen molar-refractivity contribution in [1.29, 1.82) is 0 Å². The van der Waals surface area contributed by atoms with Gasteiger partial charge in [-0.15, -0.1) is 0 Å². The Morgan fingerprint density at radius 2 is 1.58 bits per heavy atom. The predicted molar refractivity (Wildman–Crippen MR) is 145 cm³/mol. The summed E-state index contributed by atoms with van der Waals surface area (Å²) >= 11 is 0. The number of fused-ring (bicyclic) bond motifs is 4. The van der Waals surface area contributed by atoms with Crippen LogP contribution in [0.2, 0.25) is 0 Å². The second kappa shape index (κ2) is 10.9. The molecule has 4 amide bonds. The first-order chi connectivity index (χ1) is 18.4. The first-order valence-electron chi connectivity index (χ1n) is 12.8. The van der Waals surface area contributed by atoms with Crippen molar-refractivity contribution in [2.75, 3.05) is 23.7 Å². The van der Waals surface area contributed by atoms with Gasteiger partial charge in [-0.1, -0.05) is 36.4 Å². The molecular formula is C29H31N5O4. The standard InChI is InChI=1S/C29H31N5O4/c1-19(35)30-23-10-12-24(13-11-23)31-28(37)25(15-20-6-3-2-4-7-20)32-29(38)33-16-21-14-22(18-33)26-8-5-9-27(36)34(26)17-21/h2-13,21-22,25H,14-18H2,1H3,(H,30,35)(H,31,37)(H,32,38)/t21-,22+,25+/m1/s1. The highest BCUT2D eigenvalue weighted by Gasteiger charge is 2.37. The molecule has 3 heterocycles. The molecule has 1 saturated heterocycles. The van der Waals surface area contributed by atoms with E-state index >= 15 is 0 Å². The van der Waals surface area contributed by atoms with Gasteiger partial charge >= 0.3 is 6.03 Å². The van der Waals surface area contributed by atoms with Crippen molar-refractivity contribution >= 4 is 29.2 Å². The first kappa shape index (κ1) is 25.3. The van der Waals surface area contributed by atoms with E-state index in [1.807, 2.05) is 41.0 Å². The molecule has 0 radical (unpaired) electrons. The Morgan fingerprint density at radius 1 is 0.868 bits per heavy atom. The average Bonchev–Trinajstić information content (AvgIpc) is 2.90. The Kier molecular flexibility index (Phi) is 7.26. The maximum Gasteiger partial charge on any atom is 0.318 e. The van der Waals surface area contributed by atoms with E-state index in [4.69, 9.17) is 0 Å². The van der Waals surface area contributed by atoms with Gasteiger partial charge in [0.15, 0.2) is 0 Å². The van der Waals surface area contributed by atoms with Crippen LogP contribution in [-0.4, -0.2) is 46.4 Å². The van der Waals surface area contributed by atoms with Crippen LogP contribution in [0, 0.1) is 5.92 Å². The van der Waals surface area contributed by atoms with E-state index in [1.165, 1.54) is 6.92 Å². The summed E-state index contributed by atoms with van der Waals surface area (Å²) in [6.07, 6.45) is 1.27. The van der Waals surface area contributed by atoms with Crippen LogP contribution < -0.4 is 21.5 Å². The first-order valence-corrected chi connectivity index (χ1v) is 12.8. The van der Waals surface area contributed by atoms with Crippen LogP contribution >= 0.6 is 0 Å². The minimum Gasteiger partial charge on any atom is -0.326 e. The largest absolute Gasteiger partial charge is 0.326 e. The van der Waals surface area contributed by atoms with Crippen LogP contribution in [0.5, 0.6) is 0 Å². The van der Waals surface area contributed by atoms with Gasteiger partial charge in [-0.25, -0.2) is 4.79 Å². The third-order valence-electron chi connectivity index (χ3n) is 7.14. The number of rotatable bonds is 6. The number of carbonyl (C=O) groups is 3. The molecule has 0 unspecified atom stereocenters. The molecule has 2 aromatic carbocycles. The summed E-state index contributed by atoms with van der Waals surface area (Å²) in [5.41, 5.74) is 3.08. The Bertz CT molecular complexity index is 1390. The Morgan fingerprint density at radius 3 is 2.29 bits per heavy atom. The normalized spacial score (nSPS) is 18.6. The highest BCUT2D eigenvalue weighted by atomic mass is 16.2. The molecule has 1 aromatic heterocycles. The molecule has 3 N–H and O–H groups in total. The molecule has 38 heavy (non-hydrogen) atoms. The average molecular weight is 514 g/mol. The van der Waals surface area contributed by atoms with Gasteiger partial charge in [0.25, 0.3) is 5.56 Å². The van der Waals surface area contributed by atoms with E-state index < -0.39 is 6.04 Å². The van der Waals surface area contributed by atoms with Crippen LogP contribution in [0.25, 0.3) is 0 Å². The molecule has 3 aromatic rings. The monoisotopic (exact) mass is 513 g/mol. The smallest absolute Gasteiger partial charge is 0.318 e. The predicted octanol–water partition coefficient (Wildman–Crippen LogP) is 3.19. The fourth-order valence-corrected chi connectivity index (χ4v) is 5.43. The minimum absolute atomic E-state index is 0.000180. The van der Waals surface area contributed by atoms with Crippen molar-refractivity contribution in [2.24, 2.45) is 5.92 Å². The van der Waals surface area contributed by atoms with Crippen LogP contribution in [0.15, 0.2) is 77.6 Å². The van der Waals surface area contributed by atoms with Crippen molar-refractivity contribution in [3.8, 4) is 0 Å². The fraction of sp³-hybridized carbons (Fsp3) is 0.310. The van der Waals surface area contributed by atoms with Gasteiger partial charge < -0.3 is 25.4 Å². The van der Waals surface area contributed by atoms with Crippen molar-refractivity contribution in [3.05, 3.63) is 94.4 Å². The topological polar surface area (TPSA) is 113 Å². The number of likely N-dealkylation sites (tertiary alicyclic amines) is 1. The molecule has 9 heteroatoms. The Labute approximate surface area is 220 Å². The fourth-order valence-electron chi connectivity index (χ4n) is 5.43. The number of urea groups is 1. The molecule has 1 fully saturated rings. The van der Waals surface area contributed by atoms with Gasteiger partial charge in [-0.2, -0.15) is 0 Å². The molecular weight excluding hydrogens is 482 g/mol. The van der Waals surface area contributed by atoms with Crippen LogP contribution in [0.3, 0.4) is 0 Å². The van der Waals surface area contributed by atoms with Crippen LogP contribution in [0.4, 0.5) is 16.2 Å². The third kappa shape index (κ3) is 5.77. The molecule has 2 bridgehead atoms. The summed E-state index contributed by atoms with van der Waals surface area (Å²) in [5.74, 6) is -0.227. The molecule has 2 aliphatic rings. The molecule has 3 atom stereocenters. The van der Waals surface area contributed by atoms with E-state index in [-0.39, 0.29) is 35.2 Å². The van der Waals surface area contributed by atoms with Crippen LogP contribution in [0.1, 0.15) is 30.5 Å². The Balaban J connectivity index is 1.30. The SMILES string of the molecule is CC(=O)Nc1ccc(NC(=O)[C@H](Cc2ccccc2)NC(=O)N2C[C@H]3C[C@@H](C2)c2cccc(=O)n2C3)cc1. The molecule has 2 aliphatic heterocycles. The molecule has 0 aliphatic carbocycles. The summed E-state index contributed by atoms with van der Waals surface area (Å²) in [7, 11) is 0. The number of carbonyl (C=O) groups excluding carboxylic acids is 3. The van der Waals surface area contributed by atoms with Crippen LogP contribution in [-0.2, 0) is 22.6 Å². The quantitative estimate of drug-likeness (QED) is 0.470. The summed E-state index contributed by atoms with van der Waals surface area (Å²) in [5, 5.41) is 8.55. The van der Waals surface area contributed by atoms with Crippen molar-refractivity contribution in [2.45, 2.75) is 38.3 Å². The maximum absolute atomic E-state index is 13.4. The van der Waals surface area contributed by atoms with Crippen molar-refractivity contribution in [1.82, 2.24) is 14.8 Å². The summed E-state index contributed by atoms with van der Waals surface area (Å²) in [6, 6.07) is 20.6. The van der Waals surface area contributed by atoms with E-state index in [2.05, 4.69) is 16.0 Å². The van der Waals surface area contributed by atoms with Gasteiger partial charge in [0.2, 0.25) is 11.8 Å². The lowest BCUT2D eigenvalue weighted by Crippen LogP contribution is -2.55. The zero-order chi connectivity index (χ0) is 26.6. The highest BCUT2D eigenvalue weighted by Crippen LogP contribution is 2.35. The number of amides is 4. The lowest BCUT2D eigenvalue weighted by atomic mass is 9.83. The second-order valence-corrected chi connectivity index (χ2v) is 10.0. The zero-order valence-corrected chi connectivity index (χ0v) is 21.2. The van der Waals surface area contributed by atoms with Gasteiger partial charge in [0.05, 0.1) is 0 Å². The third-order valence-corrected chi connectivity index (χ3v) is 7.14. The minimum atomic E-state index is -0.795. The number of hydrogen-bond acceptors (Lipinski definition) is 4. The molecule has 0 saturated carbocycles. The lowest BCUT2D eigenvalue weighted by Gasteiger charge is -2.43. The lowest BCUT2D eigenvalue weighted by molar-refractivity contribution is -0.118. The van der Waals surface area contributed by atoms with Crippen molar-refractivity contribution in [3.63, 3.8) is 0 Å². The number of aromatic nitrogens is 1. The van der Waals surface area contributed by atoms with E-state index in [0.717, 1.165) is 17.7 Å². The number of benzene rings is 2. The molecule has 5 rings (SSSR count). The van der Waals surface area contributed by atoms with Gasteiger partial charge in [0, 0.05) is 62.0 Å². The van der Waals surface area contributed by atoms with Crippen molar-refractivity contribution < 1.29 is 14.4 Å². The summed E-state index contributed by atoms with van der Waals surface area (Å²) in [4.78, 5) is 52.2. The number of nitrogens with zero attached hydrogens (tertiary/aromatic N) is 2. The van der Waals surface area contributed by atoms with E-state index in [0.29, 0.717) is 37.4 Å². The number of nitrogens with one attached hydrogen (secondary N) is 3. The van der Waals surface area contributed by atoms with E-state index in [1.54, 1.807) is 41.3 Å². The molecule has 0 spiro atoms. The second-order valence-electron chi connectivity index (χ2n) is 10.0. The maximum atomic E-state index is 13.4. The van der Waals surface area contributed by atoms with Gasteiger partial charge in [-0.3, -0.25) is 14.4 Å². The summed E-state index contributed by atoms with van der Waals surface area (Å²) < 4.78 is 1.83. The number of pyridine rings is 1. The highest BCUT2D eigenvalue weighted by molar-refractivity contribution is 5.97. The zero-order valence-electron chi connectivity index (χ0n) is 21.2. The molecule has 9 nitrogen and oxygen atoms in total. The van der Waals surface area contributed by atoms with Gasteiger partial charge in [-0.05, 0) is 48.2 Å². The van der Waals surface area contributed by atoms with E-state index in [9.17, 15) is 19.2 Å². The Hall–Kier alpha value is -4.40. The number of hydrogen-bond donors (Lipinski definition) is 3. The van der Waals surface area contributed by atoms with Gasteiger partial charge in [0.1, 0.15) is 6.04 Å². The summed E-state index contributed by atoms with van der Waals surface area (Å²) in [6.45, 7) is 3.06. The number of piperidine rings is 1.